The number of nitrogens with zero attached hydrogens (tertiary/aromatic N) is 1. The zero-order valence-electron chi connectivity index (χ0n) is 9.07. The van der Waals surface area contributed by atoms with Crippen LogP contribution in [-0.4, -0.2) is 48.0 Å². The molecule has 3 nitrogen and oxygen atoms in total. The second kappa shape index (κ2) is 5.97. The lowest BCUT2D eigenvalue weighted by molar-refractivity contribution is -0.133. The van der Waals surface area contributed by atoms with Crippen LogP contribution in [0.25, 0.3) is 0 Å². The van der Waals surface area contributed by atoms with E-state index in [9.17, 15) is 4.79 Å². The van der Waals surface area contributed by atoms with Crippen LogP contribution in [0.2, 0.25) is 0 Å². The maximum absolute atomic E-state index is 12.0. The van der Waals surface area contributed by atoms with Crippen LogP contribution in [0.1, 0.15) is 19.3 Å². The van der Waals surface area contributed by atoms with Gasteiger partial charge in [0.05, 0.1) is 6.04 Å². The number of carbonyl (C=O) groups excluding carboxylic acids is 1. The third-order valence-electron chi connectivity index (χ3n) is 3.16. The molecule has 2 heterocycles. The van der Waals surface area contributed by atoms with Crippen LogP contribution < -0.4 is 5.32 Å². The fourth-order valence-corrected chi connectivity index (χ4v) is 3.42. The van der Waals surface area contributed by atoms with Crippen molar-refractivity contribution in [1.29, 1.82) is 0 Å². The van der Waals surface area contributed by atoms with E-state index in [1.54, 1.807) is 0 Å². The molecular weight excluding hydrogens is 232 g/mol. The van der Waals surface area contributed by atoms with Gasteiger partial charge in [-0.1, -0.05) is 0 Å². The van der Waals surface area contributed by atoms with Crippen molar-refractivity contribution < 1.29 is 4.79 Å². The molecule has 15 heavy (non-hydrogen) atoms. The van der Waals surface area contributed by atoms with Gasteiger partial charge < -0.3 is 10.2 Å². The highest BCUT2D eigenvalue weighted by Crippen LogP contribution is 2.22. The van der Waals surface area contributed by atoms with E-state index in [0.717, 1.165) is 25.1 Å². The Balaban J connectivity index is 0.00000112. The summed E-state index contributed by atoms with van der Waals surface area (Å²) in [7, 11) is 1.96. The first kappa shape index (κ1) is 13.1. The molecule has 0 aromatic heterocycles. The molecule has 0 aromatic carbocycles. The van der Waals surface area contributed by atoms with Gasteiger partial charge in [0.25, 0.3) is 0 Å². The third-order valence-corrected chi connectivity index (χ3v) is 4.30. The van der Waals surface area contributed by atoms with Crippen LogP contribution in [0.4, 0.5) is 0 Å². The predicted molar refractivity (Wildman–Crippen MR) is 66.8 cm³/mol. The van der Waals surface area contributed by atoms with Crippen LogP contribution in [0, 0.1) is 0 Å². The van der Waals surface area contributed by atoms with E-state index in [1.807, 2.05) is 23.7 Å². The van der Waals surface area contributed by atoms with Gasteiger partial charge in [-0.15, -0.1) is 12.4 Å². The number of hydrogen-bond donors (Lipinski definition) is 1. The molecule has 2 fully saturated rings. The van der Waals surface area contributed by atoms with Gasteiger partial charge in [0.15, 0.2) is 0 Å². The van der Waals surface area contributed by atoms with Crippen LogP contribution in [0.5, 0.6) is 0 Å². The maximum Gasteiger partial charge on any atom is 0.239 e. The lowest BCUT2D eigenvalue weighted by atomic mass is 10.1. The Kier molecular flexibility index (Phi) is 5.23. The lowest BCUT2D eigenvalue weighted by Crippen LogP contribution is -2.46. The first-order valence-electron chi connectivity index (χ1n) is 5.37. The number of hydrogen-bond acceptors (Lipinski definition) is 3. The summed E-state index contributed by atoms with van der Waals surface area (Å²) in [5, 5.41) is 3.26. The number of carbonyl (C=O) groups is 1. The molecule has 1 N–H and O–H groups in total. The monoisotopic (exact) mass is 250 g/mol. The molecule has 0 aliphatic carbocycles. The van der Waals surface area contributed by atoms with Crippen LogP contribution >= 0.6 is 24.2 Å². The van der Waals surface area contributed by atoms with E-state index >= 15 is 0 Å². The van der Waals surface area contributed by atoms with Crippen molar-refractivity contribution in [1.82, 2.24) is 10.2 Å². The average Bonchev–Trinajstić information content (AvgIpc) is 2.87. The summed E-state index contributed by atoms with van der Waals surface area (Å²) in [6.07, 6.45) is 3.33. The molecule has 0 bridgehead atoms. The lowest BCUT2D eigenvalue weighted by Gasteiger charge is -2.26. The van der Waals surface area contributed by atoms with E-state index in [4.69, 9.17) is 0 Å². The van der Waals surface area contributed by atoms with Crippen LogP contribution in [-0.2, 0) is 4.79 Å². The Morgan fingerprint density at radius 3 is 2.80 bits per heavy atom. The second-order valence-corrected chi connectivity index (χ2v) is 5.27. The zero-order valence-corrected chi connectivity index (χ0v) is 10.7. The predicted octanol–water partition coefficient (Wildman–Crippen LogP) is 1.12. The Morgan fingerprint density at radius 2 is 2.27 bits per heavy atom. The summed E-state index contributed by atoms with van der Waals surface area (Å²) in [6.45, 7) is 1.00. The van der Waals surface area contributed by atoms with Crippen molar-refractivity contribution in [2.75, 3.05) is 25.1 Å². The number of likely N-dealkylation sites (N-methyl/N-ethyl adjacent to an activating group) is 1. The summed E-state index contributed by atoms with van der Waals surface area (Å²) in [5.74, 6) is 2.63. The number of amides is 1. The number of halogens is 1. The number of nitrogens with one attached hydrogen (secondary N) is 1. The smallest absolute Gasteiger partial charge is 0.239 e. The second-order valence-electron chi connectivity index (χ2n) is 4.12. The quantitative estimate of drug-likeness (QED) is 0.798. The summed E-state index contributed by atoms with van der Waals surface area (Å²) < 4.78 is 0. The highest BCUT2D eigenvalue weighted by Gasteiger charge is 2.30. The third kappa shape index (κ3) is 3.02. The van der Waals surface area contributed by atoms with Crippen molar-refractivity contribution in [3.63, 3.8) is 0 Å². The molecular formula is C10H19ClN2OS. The fraction of sp³-hybridized carbons (Fsp3) is 0.900. The van der Waals surface area contributed by atoms with Gasteiger partial charge in [-0.3, -0.25) is 4.79 Å². The van der Waals surface area contributed by atoms with E-state index in [0.29, 0.717) is 11.9 Å². The van der Waals surface area contributed by atoms with E-state index in [1.165, 1.54) is 12.2 Å². The van der Waals surface area contributed by atoms with Gasteiger partial charge >= 0.3 is 0 Å². The van der Waals surface area contributed by atoms with Crippen LogP contribution in [0.3, 0.4) is 0 Å². The van der Waals surface area contributed by atoms with E-state index in [2.05, 4.69) is 5.32 Å². The van der Waals surface area contributed by atoms with Gasteiger partial charge in [-0.25, -0.2) is 0 Å². The Morgan fingerprint density at radius 1 is 1.47 bits per heavy atom. The van der Waals surface area contributed by atoms with Crippen molar-refractivity contribution in [3.8, 4) is 0 Å². The molecule has 1 amide bonds. The summed E-state index contributed by atoms with van der Waals surface area (Å²) >= 11 is 1.96. The van der Waals surface area contributed by atoms with Crippen molar-refractivity contribution in [2.45, 2.75) is 31.3 Å². The van der Waals surface area contributed by atoms with Gasteiger partial charge in [0, 0.05) is 18.8 Å². The Bertz CT molecular complexity index is 215. The molecule has 2 atom stereocenters. The first-order chi connectivity index (χ1) is 6.79. The highest BCUT2D eigenvalue weighted by atomic mass is 35.5. The van der Waals surface area contributed by atoms with Gasteiger partial charge in [-0.05, 0) is 31.6 Å². The number of thioether (sulfide) groups is 1. The van der Waals surface area contributed by atoms with Gasteiger partial charge in [0.1, 0.15) is 0 Å². The van der Waals surface area contributed by atoms with Crippen molar-refractivity contribution >= 4 is 30.1 Å². The molecule has 2 saturated heterocycles. The molecule has 5 heteroatoms. The molecule has 0 spiro atoms. The molecule has 0 aromatic rings. The normalized spacial score (nSPS) is 29.9. The molecule has 1 unspecified atom stereocenters. The average molecular weight is 251 g/mol. The minimum atomic E-state index is 0. The molecule has 2 rings (SSSR count). The molecule has 2 aliphatic rings. The van der Waals surface area contributed by atoms with Crippen molar-refractivity contribution in [3.05, 3.63) is 0 Å². The van der Waals surface area contributed by atoms with Gasteiger partial charge in [-0.2, -0.15) is 11.8 Å². The fourth-order valence-electron chi connectivity index (χ4n) is 2.15. The minimum Gasteiger partial charge on any atom is -0.341 e. The molecule has 88 valence electrons. The standard InChI is InChI=1S/C10H18N2OS.ClH/c1-12(8-4-6-14-7-8)10(13)9-3-2-5-11-9;/h8-9,11H,2-7H2,1H3;1H/t8?,9-;/m0./s1. The van der Waals surface area contributed by atoms with E-state index < -0.39 is 0 Å². The Labute approximate surface area is 102 Å². The van der Waals surface area contributed by atoms with Crippen LogP contribution in [0.15, 0.2) is 0 Å². The topological polar surface area (TPSA) is 32.3 Å². The highest BCUT2D eigenvalue weighted by molar-refractivity contribution is 7.99. The summed E-state index contributed by atoms with van der Waals surface area (Å²) in [4.78, 5) is 13.9. The SMILES string of the molecule is CN(C(=O)[C@@H]1CCCN1)C1CCSC1.Cl. The number of rotatable bonds is 2. The first-order valence-corrected chi connectivity index (χ1v) is 6.52. The molecule has 0 saturated carbocycles. The minimum absolute atomic E-state index is 0. The van der Waals surface area contributed by atoms with Crippen molar-refractivity contribution in [2.24, 2.45) is 0 Å². The summed E-state index contributed by atoms with van der Waals surface area (Å²) in [6, 6.07) is 0.584. The zero-order chi connectivity index (χ0) is 9.97. The molecule has 0 radical (unpaired) electrons. The largest absolute Gasteiger partial charge is 0.341 e. The van der Waals surface area contributed by atoms with E-state index in [-0.39, 0.29) is 18.4 Å². The van der Waals surface area contributed by atoms with Gasteiger partial charge in [0.2, 0.25) is 5.91 Å². The Hall–Kier alpha value is 0.0700. The molecule has 2 aliphatic heterocycles. The summed E-state index contributed by atoms with van der Waals surface area (Å²) in [5.41, 5.74) is 0. The maximum atomic E-state index is 12.0.